The topological polar surface area (TPSA) is 88.7 Å². The van der Waals surface area contributed by atoms with Gasteiger partial charge in [0.05, 0.1) is 21.1 Å². The first-order chi connectivity index (χ1) is 14.5. The number of pyridine rings is 1. The molecule has 1 fully saturated rings. The van der Waals surface area contributed by atoms with E-state index in [1.807, 2.05) is 49.4 Å². The lowest BCUT2D eigenvalue weighted by atomic mass is 10.1. The van der Waals surface area contributed by atoms with Crippen LogP contribution < -0.4 is 4.90 Å². The number of hydrogen-bond acceptors (Lipinski definition) is 6. The number of aryl methyl sites for hydroxylation is 1. The summed E-state index contributed by atoms with van der Waals surface area (Å²) in [6.45, 7) is 1.87. The third kappa shape index (κ3) is 3.99. The van der Waals surface area contributed by atoms with Gasteiger partial charge in [-0.15, -0.1) is 0 Å². The SMILES string of the molecule is Cc1cccc(/N=C2/S/C(=C\c3ccccc3[N+](=O)[O-])C(=O)N2c2ccccc2)n1. The average Bonchev–Trinajstić information content (AvgIpc) is 3.03. The van der Waals surface area contributed by atoms with Gasteiger partial charge in [-0.1, -0.05) is 36.4 Å². The van der Waals surface area contributed by atoms with E-state index in [-0.39, 0.29) is 11.6 Å². The predicted octanol–water partition coefficient (Wildman–Crippen LogP) is 5.11. The van der Waals surface area contributed by atoms with Crippen LogP contribution >= 0.6 is 11.8 Å². The summed E-state index contributed by atoms with van der Waals surface area (Å²) in [6.07, 6.45) is 1.53. The number of hydrogen-bond donors (Lipinski definition) is 0. The number of anilines is 1. The standard InChI is InChI=1S/C22H16N4O3S/c1-15-8-7-13-20(23-15)24-22-25(17-10-3-2-4-11-17)21(27)19(30-22)14-16-9-5-6-12-18(16)26(28)29/h2-14H,1H3/b19-14-,24-22+. The summed E-state index contributed by atoms with van der Waals surface area (Å²) in [5.74, 6) is 0.189. The third-order valence-electron chi connectivity index (χ3n) is 4.32. The molecule has 7 nitrogen and oxygen atoms in total. The molecule has 3 aromatic rings. The minimum absolute atomic E-state index is 0.0598. The van der Waals surface area contributed by atoms with E-state index in [9.17, 15) is 14.9 Å². The molecule has 1 aromatic heterocycles. The number of nitrogens with zero attached hydrogens (tertiary/aromatic N) is 4. The smallest absolute Gasteiger partial charge is 0.268 e. The highest BCUT2D eigenvalue weighted by molar-refractivity contribution is 8.19. The number of amides is 1. The van der Waals surface area contributed by atoms with Crippen LogP contribution in [0, 0.1) is 17.0 Å². The molecule has 0 aliphatic carbocycles. The van der Waals surface area contributed by atoms with Crippen molar-refractivity contribution in [2.45, 2.75) is 6.92 Å². The Morgan fingerprint density at radius 2 is 1.77 bits per heavy atom. The minimum Gasteiger partial charge on any atom is -0.268 e. The highest BCUT2D eigenvalue weighted by atomic mass is 32.2. The number of thioether (sulfide) groups is 1. The summed E-state index contributed by atoms with van der Waals surface area (Å²) >= 11 is 1.16. The number of nitro groups is 1. The molecule has 0 bridgehead atoms. The lowest BCUT2D eigenvalue weighted by Crippen LogP contribution is -2.28. The second-order valence-electron chi connectivity index (χ2n) is 6.43. The van der Waals surface area contributed by atoms with E-state index in [1.165, 1.54) is 17.0 Å². The summed E-state index contributed by atoms with van der Waals surface area (Å²) in [7, 11) is 0. The van der Waals surface area contributed by atoms with Crippen molar-refractivity contribution >= 4 is 46.1 Å². The molecule has 0 N–H and O–H groups in total. The second kappa shape index (κ2) is 8.30. The fourth-order valence-electron chi connectivity index (χ4n) is 2.96. The van der Waals surface area contributed by atoms with E-state index in [2.05, 4.69) is 9.98 Å². The van der Waals surface area contributed by atoms with Gasteiger partial charge in [0.15, 0.2) is 11.0 Å². The number of aromatic nitrogens is 1. The Morgan fingerprint density at radius 1 is 1.03 bits per heavy atom. The largest absolute Gasteiger partial charge is 0.276 e. The van der Waals surface area contributed by atoms with Gasteiger partial charge < -0.3 is 0 Å². The van der Waals surface area contributed by atoms with Crippen molar-refractivity contribution < 1.29 is 9.72 Å². The first-order valence-electron chi connectivity index (χ1n) is 9.08. The Kier molecular flexibility index (Phi) is 5.40. The molecule has 1 aliphatic heterocycles. The number of para-hydroxylation sites is 2. The van der Waals surface area contributed by atoms with Gasteiger partial charge in [0.25, 0.3) is 11.6 Å². The van der Waals surface area contributed by atoms with Crippen LogP contribution in [0.15, 0.2) is 82.7 Å². The second-order valence-corrected chi connectivity index (χ2v) is 7.44. The highest BCUT2D eigenvalue weighted by Crippen LogP contribution is 2.38. The van der Waals surface area contributed by atoms with Crippen LogP contribution in [-0.2, 0) is 4.79 Å². The molecule has 0 spiro atoms. The Bertz CT molecular complexity index is 1190. The van der Waals surface area contributed by atoms with Crippen molar-refractivity contribution in [3.05, 3.63) is 99.1 Å². The lowest BCUT2D eigenvalue weighted by Gasteiger charge is -2.15. The van der Waals surface area contributed by atoms with Gasteiger partial charge in [0.1, 0.15) is 0 Å². The van der Waals surface area contributed by atoms with Gasteiger partial charge in [-0.25, -0.2) is 9.98 Å². The summed E-state index contributed by atoms with van der Waals surface area (Å²) in [6, 6.07) is 20.9. The first-order valence-corrected chi connectivity index (χ1v) is 9.89. The van der Waals surface area contributed by atoms with Gasteiger partial charge in [-0.3, -0.25) is 19.8 Å². The Balaban J connectivity index is 1.80. The van der Waals surface area contributed by atoms with E-state index >= 15 is 0 Å². The van der Waals surface area contributed by atoms with Gasteiger partial charge >= 0.3 is 0 Å². The lowest BCUT2D eigenvalue weighted by molar-refractivity contribution is -0.385. The highest BCUT2D eigenvalue weighted by Gasteiger charge is 2.35. The molecule has 0 unspecified atom stereocenters. The quantitative estimate of drug-likeness (QED) is 0.335. The zero-order valence-corrected chi connectivity index (χ0v) is 16.7. The molecule has 1 aliphatic rings. The molecule has 8 heteroatoms. The predicted molar refractivity (Wildman–Crippen MR) is 119 cm³/mol. The number of carbonyl (C=O) groups is 1. The van der Waals surface area contributed by atoms with Crippen molar-refractivity contribution in [1.82, 2.24) is 4.98 Å². The Labute approximate surface area is 176 Å². The zero-order valence-electron chi connectivity index (χ0n) is 15.9. The van der Waals surface area contributed by atoms with Gasteiger partial charge in [0.2, 0.25) is 0 Å². The fraction of sp³-hybridized carbons (Fsp3) is 0.0455. The van der Waals surface area contributed by atoms with Crippen LogP contribution in [0.25, 0.3) is 6.08 Å². The molecule has 148 valence electrons. The van der Waals surface area contributed by atoms with Crippen LogP contribution in [0.2, 0.25) is 0 Å². The number of rotatable bonds is 4. The van der Waals surface area contributed by atoms with Crippen LogP contribution in [0.4, 0.5) is 17.2 Å². The van der Waals surface area contributed by atoms with Crippen molar-refractivity contribution in [2.75, 3.05) is 4.90 Å². The third-order valence-corrected chi connectivity index (χ3v) is 5.29. The molecular weight excluding hydrogens is 400 g/mol. The van der Waals surface area contributed by atoms with E-state index < -0.39 is 4.92 Å². The number of nitro benzene ring substituents is 1. The average molecular weight is 416 g/mol. The molecule has 0 radical (unpaired) electrons. The monoisotopic (exact) mass is 416 g/mol. The first kappa shape index (κ1) is 19.5. The van der Waals surface area contributed by atoms with Gasteiger partial charge in [-0.2, -0.15) is 0 Å². The van der Waals surface area contributed by atoms with Gasteiger partial charge in [-0.05, 0) is 55.1 Å². The van der Waals surface area contributed by atoms with E-state index in [0.717, 1.165) is 17.5 Å². The van der Waals surface area contributed by atoms with Crippen LogP contribution in [0.1, 0.15) is 11.3 Å². The van der Waals surface area contributed by atoms with E-state index in [0.29, 0.717) is 27.1 Å². The van der Waals surface area contributed by atoms with Crippen LogP contribution in [0.3, 0.4) is 0 Å². The molecule has 2 heterocycles. The number of aliphatic imine (C=N–C) groups is 1. The summed E-state index contributed by atoms with van der Waals surface area (Å²) < 4.78 is 0. The maximum absolute atomic E-state index is 13.2. The summed E-state index contributed by atoms with van der Waals surface area (Å²) in [4.78, 5) is 34.9. The van der Waals surface area contributed by atoms with E-state index in [4.69, 9.17) is 0 Å². The zero-order chi connectivity index (χ0) is 21.1. The number of carbonyl (C=O) groups excluding carboxylic acids is 1. The van der Waals surface area contributed by atoms with Crippen molar-refractivity contribution in [3.8, 4) is 0 Å². The molecular formula is C22H16N4O3S. The molecule has 4 rings (SSSR count). The van der Waals surface area contributed by atoms with Gasteiger partial charge in [0, 0.05) is 11.8 Å². The molecule has 30 heavy (non-hydrogen) atoms. The summed E-state index contributed by atoms with van der Waals surface area (Å²) in [5.41, 5.74) is 1.78. The fourth-order valence-corrected chi connectivity index (χ4v) is 3.94. The molecule has 2 aromatic carbocycles. The maximum Gasteiger partial charge on any atom is 0.276 e. The molecule has 0 saturated carbocycles. The minimum atomic E-state index is -0.461. The van der Waals surface area contributed by atoms with Crippen molar-refractivity contribution in [1.29, 1.82) is 0 Å². The van der Waals surface area contributed by atoms with Crippen LogP contribution in [0.5, 0.6) is 0 Å². The van der Waals surface area contributed by atoms with E-state index in [1.54, 1.807) is 24.3 Å². The van der Waals surface area contributed by atoms with Crippen LogP contribution in [-0.4, -0.2) is 21.0 Å². The Morgan fingerprint density at radius 3 is 2.50 bits per heavy atom. The number of benzene rings is 2. The maximum atomic E-state index is 13.2. The molecule has 0 atom stereocenters. The molecule has 1 amide bonds. The Hall–Kier alpha value is -3.78. The normalized spacial score (nSPS) is 16.4. The number of amidine groups is 1. The summed E-state index contributed by atoms with van der Waals surface area (Å²) in [5, 5.41) is 11.8. The van der Waals surface area contributed by atoms with Crippen molar-refractivity contribution in [2.24, 2.45) is 4.99 Å². The molecule has 1 saturated heterocycles. The van der Waals surface area contributed by atoms with Crippen molar-refractivity contribution in [3.63, 3.8) is 0 Å².